The number of carboxylic acid groups (broad SMARTS) is 2. The SMILES string of the molecule is CCN(CC)CCN(Cc1ccc(-c2ccc(C#N)cc2)cc1)C(=O)Cn1c(CCc2cccc(F)c2F)nc(=O)c2ccccc21.O=C(O)[C@H](O)[C@@H](O)C(=O)O. The Kier molecular flexibility index (Phi) is 15.6. The number of amides is 1. The number of hydrogen-bond acceptors (Lipinski definition) is 9. The second kappa shape index (κ2) is 20.5. The van der Waals surface area contributed by atoms with Gasteiger partial charge in [-0.3, -0.25) is 9.59 Å². The molecule has 0 aliphatic carbocycles. The predicted octanol–water partition coefficient (Wildman–Crippen LogP) is 4.25. The summed E-state index contributed by atoms with van der Waals surface area (Å²) < 4.78 is 30.1. The molecule has 0 spiro atoms. The van der Waals surface area contributed by atoms with Crippen molar-refractivity contribution in [3.8, 4) is 17.2 Å². The van der Waals surface area contributed by atoms with Crippen LogP contribution in [0.2, 0.25) is 0 Å². The summed E-state index contributed by atoms with van der Waals surface area (Å²) in [5, 5.41) is 42.0. The molecule has 1 aromatic heterocycles. The molecule has 57 heavy (non-hydrogen) atoms. The fourth-order valence-electron chi connectivity index (χ4n) is 5.98. The lowest BCUT2D eigenvalue weighted by Gasteiger charge is -2.28. The molecule has 13 nitrogen and oxygen atoms in total. The lowest BCUT2D eigenvalue weighted by molar-refractivity contribution is -0.165. The Bertz CT molecular complexity index is 2250. The van der Waals surface area contributed by atoms with Crippen LogP contribution in [-0.2, 0) is 40.3 Å². The zero-order valence-electron chi connectivity index (χ0n) is 31.4. The van der Waals surface area contributed by atoms with Gasteiger partial charge in [0.1, 0.15) is 12.4 Å². The minimum atomic E-state index is -2.27. The van der Waals surface area contributed by atoms with Crippen LogP contribution in [0.3, 0.4) is 0 Å². The van der Waals surface area contributed by atoms with Gasteiger partial charge >= 0.3 is 11.9 Å². The van der Waals surface area contributed by atoms with Crippen molar-refractivity contribution < 1.29 is 43.6 Å². The van der Waals surface area contributed by atoms with Crippen molar-refractivity contribution in [3.63, 3.8) is 0 Å². The number of nitrogens with zero attached hydrogens (tertiary/aromatic N) is 5. The Labute approximate surface area is 327 Å². The molecule has 5 aromatic rings. The van der Waals surface area contributed by atoms with Crippen molar-refractivity contribution in [3.05, 3.63) is 135 Å². The number of aliphatic carboxylic acids is 2. The normalized spacial score (nSPS) is 12.0. The fourth-order valence-corrected chi connectivity index (χ4v) is 5.98. The van der Waals surface area contributed by atoms with E-state index in [1.807, 2.05) is 41.3 Å². The molecule has 298 valence electrons. The molecule has 4 aromatic carbocycles. The third-order valence-electron chi connectivity index (χ3n) is 9.32. The number of para-hydroxylation sites is 1. The number of rotatable bonds is 16. The van der Waals surface area contributed by atoms with E-state index in [1.54, 1.807) is 41.0 Å². The summed E-state index contributed by atoms with van der Waals surface area (Å²) in [7, 11) is 0. The summed E-state index contributed by atoms with van der Waals surface area (Å²) in [5.74, 6) is -5.21. The van der Waals surface area contributed by atoms with Gasteiger partial charge in [-0.1, -0.05) is 74.5 Å². The zero-order valence-corrected chi connectivity index (χ0v) is 31.4. The van der Waals surface area contributed by atoms with E-state index in [0.717, 1.165) is 35.8 Å². The second-order valence-electron chi connectivity index (χ2n) is 12.9. The molecule has 1 amide bonds. The van der Waals surface area contributed by atoms with E-state index in [4.69, 9.17) is 25.7 Å². The number of nitriles is 1. The summed E-state index contributed by atoms with van der Waals surface area (Å²) in [6.45, 7) is 7.37. The highest BCUT2D eigenvalue weighted by atomic mass is 19.2. The van der Waals surface area contributed by atoms with Crippen LogP contribution in [-0.4, -0.2) is 96.0 Å². The first-order chi connectivity index (χ1) is 27.3. The number of hydrogen-bond donors (Lipinski definition) is 4. The highest BCUT2D eigenvalue weighted by molar-refractivity contribution is 5.83. The maximum absolute atomic E-state index is 14.5. The average Bonchev–Trinajstić information content (AvgIpc) is 3.22. The van der Waals surface area contributed by atoms with Gasteiger partial charge in [0.05, 0.1) is 22.5 Å². The maximum atomic E-state index is 14.5. The molecule has 0 aliphatic rings. The minimum Gasteiger partial charge on any atom is -0.479 e. The Balaban J connectivity index is 0.000000635. The summed E-state index contributed by atoms with van der Waals surface area (Å²) in [4.78, 5) is 55.1. The monoisotopic (exact) mass is 783 g/mol. The van der Waals surface area contributed by atoms with Crippen LogP contribution in [0, 0.1) is 23.0 Å². The molecule has 0 saturated carbocycles. The largest absolute Gasteiger partial charge is 0.479 e. The van der Waals surface area contributed by atoms with E-state index in [-0.39, 0.29) is 30.9 Å². The van der Waals surface area contributed by atoms with Crippen molar-refractivity contribution in [2.45, 2.75) is 52.0 Å². The van der Waals surface area contributed by atoms with E-state index in [9.17, 15) is 28.0 Å². The van der Waals surface area contributed by atoms with Gasteiger partial charge in [0, 0.05) is 26.1 Å². The smallest absolute Gasteiger partial charge is 0.335 e. The Morgan fingerprint density at radius 1 is 0.807 bits per heavy atom. The van der Waals surface area contributed by atoms with Gasteiger partial charge in [0.25, 0.3) is 5.56 Å². The van der Waals surface area contributed by atoms with Gasteiger partial charge in [0.2, 0.25) is 5.91 Å². The van der Waals surface area contributed by atoms with Crippen molar-refractivity contribution in [1.29, 1.82) is 5.26 Å². The first kappa shape index (κ1) is 43.4. The maximum Gasteiger partial charge on any atom is 0.335 e. The van der Waals surface area contributed by atoms with Crippen molar-refractivity contribution >= 4 is 28.7 Å². The quantitative estimate of drug-likeness (QED) is 0.112. The van der Waals surface area contributed by atoms with Crippen LogP contribution in [0.15, 0.2) is 95.8 Å². The predicted molar refractivity (Wildman–Crippen MR) is 207 cm³/mol. The molecule has 0 radical (unpaired) electrons. The molecule has 0 saturated heterocycles. The lowest BCUT2D eigenvalue weighted by Crippen LogP contribution is -2.40. The highest BCUT2D eigenvalue weighted by Gasteiger charge is 2.29. The number of aliphatic hydroxyl groups is 2. The van der Waals surface area contributed by atoms with Crippen LogP contribution in [0.1, 0.15) is 36.4 Å². The Hall–Kier alpha value is -6.34. The van der Waals surface area contributed by atoms with E-state index in [1.165, 1.54) is 12.1 Å². The van der Waals surface area contributed by atoms with Crippen LogP contribution in [0.25, 0.3) is 22.0 Å². The summed E-state index contributed by atoms with van der Waals surface area (Å²) in [5.41, 5.74) is 3.86. The summed E-state index contributed by atoms with van der Waals surface area (Å²) in [6, 6.07) is 28.6. The van der Waals surface area contributed by atoms with Crippen molar-refractivity contribution in [1.82, 2.24) is 19.4 Å². The summed E-state index contributed by atoms with van der Waals surface area (Å²) >= 11 is 0. The summed E-state index contributed by atoms with van der Waals surface area (Å²) in [6.07, 6.45) is -4.28. The molecule has 2 atom stereocenters. The van der Waals surface area contributed by atoms with Gasteiger partial charge in [-0.25, -0.2) is 18.4 Å². The standard InChI is InChI=1S/C38H37F2N5O2.C4H6O6/c1-3-43(4-2)22-23-44(25-28-14-18-30(19-15-28)29-16-12-27(24-41)13-17-29)36(46)26-45-34-11-6-5-9-32(34)38(47)42-35(45)21-20-31-8-7-10-33(39)37(31)40;5-1(3(7)8)2(6)4(9)10/h5-19H,3-4,20-23,25-26H2,1-2H3;1-2,5-6H,(H,7,8)(H,9,10)/t;1-,2-/m.1/s1. The minimum absolute atomic E-state index is 0.0731. The topological polar surface area (TPSA) is 197 Å². The fraction of sp³-hybridized carbons (Fsp3) is 0.286. The van der Waals surface area contributed by atoms with Gasteiger partial charge in [-0.15, -0.1) is 0 Å². The second-order valence-corrected chi connectivity index (χ2v) is 12.9. The molecule has 4 N–H and O–H groups in total. The van der Waals surface area contributed by atoms with E-state index in [2.05, 4.69) is 29.8 Å². The Morgan fingerprint density at radius 2 is 1.40 bits per heavy atom. The van der Waals surface area contributed by atoms with Crippen molar-refractivity contribution in [2.24, 2.45) is 0 Å². The molecule has 1 heterocycles. The molecule has 0 bridgehead atoms. The number of carbonyl (C=O) groups excluding carboxylic acids is 1. The van der Waals surface area contributed by atoms with E-state index in [0.29, 0.717) is 41.9 Å². The van der Waals surface area contributed by atoms with Crippen molar-refractivity contribution in [2.75, 3.05) is 26.2 Å². The highest BCUT2D eigenvalue weighted by Crippen LogP contribution is 2.22. The number of aliphatic hydroxyl groups excluding tert-OH is 2. The first-order valence-corrected chi connectivity index (χ1v) is 18.1. The van der Waals surface area contributed by atoms with Gasteiger partial charge in [-0.2, -0.15) is 10.2 Å². The number of carboxylic acids is 2. The Morgan fingerprint density at radius 3 is 1.98 bits per heavy atom. The number of aryl methyl sites for hydroxylation is 2. The number of fused-ring (bicyclic) bond motifs is 1. The van der Waals surface area contributed by atoms with Crippen LogP contribution < -0.4 is 5.56 Å². The van der Waals surface area contributed by atoms with E-state index >= 15 is 0 Å². The molecule has 15 heteroatoms. The van der Waals surface area contributed by atoms with Crippen LogP contribution in [0.5, 0.6) is 0 Å². The van der Waals surface area contributed by atoms with Gasteiger partial charge in [0.15, 0.2) is 23.8 Å². The molecule has 0 unspecified atom stereocenters. The number of carbonyl (C=O) groups is 3. The zero-order chi connectivity index (χ0) is 41.6. The third-order valence-corrected chi connectivity index (χ3v) is 9.32. The van der Waals surface area contributed by atoms with Crippen LogP contribution in [0.4, 0.5) is 8.78 Å². The number of aromatic nitrogens is 2. The third kappa shape index (κ3) is 11.6. The van der Waals surface area contributed by atoms with Crippen LogP contribution >= 0.6 is 0 Å². The average molecular weight is 784 g/mol. The lowest BCUT2D eigenvalue weighted by atomic mass is 10.0. The number of likely N-dealkylation sites (N-methyl/N-ethyl adjacent to an activating group) is 1. The number of halogens is 2. The van der Waals surface area contributed by atoms with Gasteiger partial charge in [-0.05, 0) is 72.1 Å². The number of benzene rings is 4. The molecule has 0 fully saturated rings. The molecule has 0 aliphatic heterocycles. The van der Waals surface area contributed by atoms with E-state index < -0.39 is 41.3 Å². The first-order valence-electron chi connectivity index (χ1n) is 18.1. The molecule has 5 rings (SSSR count). The van der Waals surface area contributed by atoms with Gasteiger partial charge < -0.3 is 34.8 Å². The molecular weight excluding hydrogens is 740 g/mol. The molecular formula is C42H43F2N5O8.